The minimum Gasteiger partial charge on any atom is -0.337 e. The first-order valence-corrected chi connectivity index (χ1v) is 9.98. The molecule has 2 aromatic carbocycles. The van der Waals surface area contributed by atoms with Crippen LogP contribution in [0.4, 0.5) is 16.4 Å². The van der Waals surface area contributed by atoms with Gasteiger partial charge in [-0.3, -0.25) is 10.1 Å². The number of aryl methyl sites for hydroxylation is 1. The average molecular weight is 414 g/mol. The predicted octanol–water partition coefficient (Wildman–Crippen LogP) is 3.05. The van der Waals surface area contributed by atoms with E-state index in [1.54, 1.807) is 44.2 Å². The second-order valence-electron chi connectivity index (χ2n) is 6.13. The Balaban J connectivity index is 1.64. The SMILES string of the molecule is Cc1noc(NS(=O)(=O)c2ccc(NC(=O)NC(=O)c3ccccc3)cc2)c1C. The summed E-state index contributed by atoms with van der Waals surface area (Å²) in [6.07, 6.45) is 0. The highest BCUT2D eigenvalue weighted by Crippen LogP contribution is 2.22. The lowest BCUT2D eigenvalue weighted by Crippen LogP contribution is -2.34. The van der Waals surface area contributed by atoms with Crippen molar-refractivity contribution in [3.8, 4) is 0 Å². The van der Waals surface area contributed by atoms with Crippen LogP contribution < -0.4 is 15.4 Å². The normalized spacial score (nSPS) is 11.0. The molecule has 10 heteroatoms. The number of nitrogens with zero attached hydrogens (tertiary/aromatic N) is 1. The van der Waals surface area contributed by atoms with E-state index in [0.29, 0.717) is 22.5 Å². The van der Waals surface area contributed by atoms with Gasteiger partial charge in [0.25, 0.3) is 15.9 Å². The number of imide groups is 1. The second kappa shape index (κ2) is 8.15. The van der Waals surface area contributed by atoms with Gasteiger partial charge < -0.3 is 9.84 Å². The van der Waals surface area contributed by atoms with Crippen LogP contribution in [0.25, 0.3) is 0 Å². The van der Waals surface area contributed by atoms with Crippen LogP contribution >= 0.6 is 0 Å². The Morgan fingerprint density at radius 2 is 1.62 bits per heavy atom. The monoisotopic (exact) mass is 414 g/mol. The Labute approximate surface area is 167 Å². The summed E-state index contributed by atoms with van der Waals surface area (Å²) >= 11 is 0. The van der Waals surface area contributed by atoms with E-state index in [0.717, 1.165) is 0 Å². The van der Waals surface area contributed by atoms with Gasteiger partial charge in [-0.1, -0.05) is 23.4 Å². The zero-order chi connectivity index (χ0) is 21.0. The number of amides is 3. The maximum absolute atomic E-state index is 12.5. The van der Waals surface area contributed by atoms with E-state index in [-0.39, 0.29) is 10.8 Å². The van der Waals surface area contributed by atoms with Crippen molar-refractivity contribution < 1.29 is 22.5 Å². The van der Waals surface area contributed by atoms with Gasteiger partial charge in [0.1, 0.15) is 0 Å². The first-order valence-electron chi connectivity index (χ1n) is 8.49. The number of aromatic nitrogens is 1. The summed E-state index contributed by atoms with van der Waals surface area (Å²) in [5.41, 5.74) is 1.83. The Kier molecular flexibility index (Phi) is 5.64. The molecule has 9 nitrogen and oxygen atoms in total. The first-order chi connectivity index (χ1) is 13.8. The summed E-state index contributed by atoms with van der Waals surface area (Å²) in [4.78, 5) is 23.9. The lowest BCUT2D eigenvalue weighted by Gasteiger charge is -2.09. The van der Waals surface area contributed by atoms with Gasteiger partial charge in [0.2, 0.25) is 5.88 Å². The van der Waals surface area contributed by atoms with Crippen molar-refractivity contribution in [3.05, 3.63) is 71.4 Å². The van der Waals surface area contributed by atoms with E-state index < -0.39 is 22.0 Å². The molecule has 0 unspecified atom stereocenters. The number of carbonyl (C=O) groups excluding carboxylic acids is 2. The number of hydrogen-bond acceptors (Lipinski definition) is 6. The molecule has 0 saturated heterocycles. The van der Waals surface area contributed by atoms with Crippen molar-refractivity contribution in [2.24, 2.45) is 0 Å². The number of urea groups is 1. The van der Waals surface area contributed by atoms with Crippen LogP contribution in [0.1, 0.15) is 21.6 Å². The van der Waals surface area contributed by atoms with Gasteiger partial charge in [0, 0.05) is 16.8 Å². The van der Waals surface area contributed by atoms with Crippen LogP contribution in [0.5, 0.6) is 0 Å². The van der Waals surface area contributed by atoms with Gasteiger partial charge in [-0.15, -0.1) is 0 Å². The number of carbonyl (C=O) groups is 2. The van der Waals surface area contributed by atoms with E-state index >= 15 is 0 Å². The van der Waals surface area contributed by atoms with Crippen LogP contribution in [-0.4, -0.2) is 25.5 Å². The lowest BCUT2D eigenvalue weighted by molar-refractivity contribution is 0.0967. The topological polar surface area (TPSA) is 130 Å². The van der Waals surface area contributed by atoms with Gasteiger partial charge in [-0.2, -0.15) is 0 Å². The summed E-state index contributed by atoms with van der Waals surface area (Å²) in [5.74, 6) is -0.507. The van der Waals surface area contributed by atoms with Gasteiger partial charge >= 0.3 is 6.03 Å². The van der Waals surface area contributed by atoms with Crippen molar-refractivity contribution in [1.29, 1.82) is 0 Å². The lowest BCUT2D eigenvalue weighted by atomic mass is 10.2. The predicted molar refractivity (Wildman–Crippen MR) is 106 cm³/mol. The summed E-state index contributed by atoms with van der Waals surface area (Å²) in [6, 6.07) is 13.0. The third-order valence-electron chi connectivity index (χ3n) is 4.07. The molecule has 0 spiro atoms. The zero-order valence-corrected chi connectivity index (χ0v) is 16.4. The minimum absolute atomic E-state index is 0.0303. The first kappa shape index (κ1) is 20.1. The summed E-state index contributed by atoms with van der Waals surface area (Å²) < 4.78 is 32.2. The Morgan fingerprint density at radius 3 is 2.21 bits per heavy atom. The molecule has 0 aliphatic rings. The molecule has 150 valence electrons. The van der Waals surface area contributed by atoms with Gasteiger partial charge in [0.05, 0.1) is 10.6 Å². The summed E-state index contributed by atoms with van der Waals surface area (Å²) in [6.45, 7) is 3.39. The molecule has 3 N–H and O–H groups in total. The smallest absolute Gasteiger partial charge is 0.326 e. The maximum Gasteiger partial charge on any atom is 0.326 e. The largest absolute Gasteiger partial charge is 0.337 e. The molecule has 0 bridgehead atoms. The van der Waals surface area contributed by atoms with Gasteiger partial charge in [-0.25, -0.2) is 17.9 Å². The van der Waals surface area contributed by atoms with Crippen molar-refractivity contribution in [1.82, 2.24) is 10.5 Å². The molecule has 1 heterocycles. The van der Waals surface area contributed by atoms with Gasteiger partial charge in [-0.05, 0) is 50.2 Å². The van der Waals surface area contributed by atoms with Crippen LogP contribution in [0.3, 0.4) is 0 Å². The van der Waals surface area contributed by atoms with E-state index in [1.807, 2.05) is 0 Å². The fourth-order valence-corrected chi connectivity index (χ4v) is 3.38. The molecule has 1 aromatic heterocycles. The number of hydrogen-bond donors (Lipinski definition) is 3. The van der Waals surface area contributed by atoms with Crippen LogP contribution in [-0.2, 0) is 10.0 Å². The van der Waals surface area contributed by atoms with Crippen LogP contribution in [0.15, 0.2) is 64.0 Å². The number of rotatable bonds is 5. The zero-order valence-electron chi connectivity index (χ0n) is 15.6. The maximum atomic E-state index is 12.5. The highest BCUT2D eigenvalue weighted by Gasteiger charge is 2.19. The third kappa shape index (κ3) is 4.79. The molecular weight excluding hydrogens is 396 g/mol. The standard InChI is InChI=1S/C19H18N4O5S/c1-12-13(2)22-28-18(12)23-29(26,27)16-10-8-15(9-11-16)20-19(25)21-17(24)14-6-4-3-5-7-14/h3-11,23H,1-2H3,(H2,20,21,24,25). The summed E-state index contributed by atoms with van der Waals surface area (Å²) in [5, 5.41) is 8.36. The van der Waals surface area contributed by atoms with Crippen molar-refractivity contribution in [2.75, 3.05) is 10.0 Å². The highest BCUT2D eigenvalue weighted by molar-refractivity contribution is 7.92. The average Bonchev–Trinajstić information content (AvgIpc) is 3.00. The molecule has 3 rings (SSSR count). The van der Waals surface area contributed by atoms with E-state index in [1.165, 1.54) is 24.3 Å². The Hall–Kier alpha value is -3.66. The number of sulfonamides is 1. The fourth-order valence-electron chi connectivity index (χ4n) is 2.34. The quantitative estimate of drug-likeness (QED) is 0.588. The number of nitrogens with one attached hydrogen (secondary N) is 3. The van der Waals surface area contributed by atoms with Crippen molar-refractivity contribution in [2.45, 2.75) is 18.7 Å². The second-order valence-corrected chi connectivity index (χ2v) is 7.81. The number of anilines is 2. The highest BCUT2D eigenvalue weighted by atomic mass is 32.2. The third-order valence-corrected chi connectivity index (χ3v) is 5.42. The molecular formula is C19H18N4O5S. The number of benzene rings is 2. The Morgan fingerprint density at radius 1 is 0.966 bits per heavy atom. The minimum atomic E-state index is -3.89. The fraction of sp³-hybridized carbons (Fsp3) is 0.105. The van der Waals surface area contributed by atoms with Gasteiger partial charge in [0.15, 0.2) is 0 Å². The molecule has 0 radical (unpaired) electrons. The molecule has 0 aliphatic heterocycles. The molecule has 0 atom stereocenters. The van der Waals surface area contributed by atoms with Crippen molar-refractivity contribution in [3.63, 3.8) is 0 Å². The molecule has 0 fully saturated rings. The molecule has 3 amide bonds. The molecule has 29 heavy (non-hydrogen) atoms. The summed E-state index contributed by atoms with van der Waals surface area (Å²) in [7, 11) is -3.89. The van der Waals surface area contributed by atoms with E-state index in [2.05, 4.69) is 20.5 Å². The molecule has 0 saturated carbocycles. The van der Waals surface area contributed by atoms with Crippen molar-refractivity contribution >= 4 is 33.5 Å². The van der Waals surface area contributed by atoms with E-state index in [9.17, 15) is 18.0 Å². The molecule has 0 aliphatic carbocycles. The Bertz CT molecular complexity index is 1140. The van der Waals surface area contributed by atoms with Crippen LogP contribution in [0, 0.1) is 13.8 Å². The molecule has 3 aromatic rings. The van der Waals surface area contributed by atoms with Crippen LogP contribution in [0.2, 0.25) is 0 Å². The van der Waals surface area contributed by atoms with E-state index in [4.69, 9.17) is 4.52 Å².